The molecule has 0 saturated heterocycles. The Balaban J connectivity index is 1.70. The Morgan fingerprint density at radius 1 is 0.943 bits per heavy atom. The Morgan fingerprint density at radius 3 is 2.26 bits per heavy atom. The molecule has 0 aliphatic heterocycles. The highest BCUT2D eigenvalue weighted by molar-refractivity contribution is 6.07. The van der Waals surface area contributed by atoms with Crippen LogP contribution in [0.1, 0.15) is 58.4 Å². The fourth-order valence-electron chi connectivity index (χ4n) is 3.70. The van der Waals surface area contributed by atoms with Crippen LogP contribution in [0.5, 0.6) is 5.75 Å². The van der Waals surface area contributed by atoms with Gasteiger partial charge in [-0.3, -0.25) is 4.79 Å². The van der Waals surface area contributed by atoms with Crippen LogP contribution < -0.4 is 9.47 Å². The van der Waals surface area contributed by atoms with Crippen molar-refractivity contribution in [2.24, 2.45) is 0 Å². The Kier molecular flexibility index (Phi) is 6.51. The number of ether oxygens (including phenoxy) is 2. The molecule has 7 heteroatoms. The molecule has 0 saturated carbocycles. The summed E-state index contributed by atoms with van der Waals surface area (Å²) in [7, 11) is 1.49. The molecule has 0 unspecified atom stereocenters. The first-order chi connectivity index (χ1) is 16.7. The van der Waals surface area contributed by atoms with Crippen molar-refractivity contribution in [3.05, 3.63) is 106 Å². The highest BCUT2D eigenvalue weighted by atomic mass is 16.5. The highest BCUT2D eigenvalue weighted by Gasteiger charge is 2.28. The second-order valence-electron chi connectivity index (χ2n) is 9.15. The van der Waals surface area contributed by atoms with E-state index in [1.54, 1.807) is 54.6 Å². The topological polar surface area (TPSA) is 92.4 Å². The molecule has 1 aromatic heterocycles. The van der Waals surface area contributed by atoms with Crippen LogP contribution in [0.4, 0.5) is 0 Å². The second kappa shape index (κ2) is 9.54. The largest absolute Gasteiger partial charge is 0.618 e. The van der Waals surface area contributed by atoms with Crippen LogP contribution >= 0.6 is 0 Å². The molecule has 3 aromatic carbocycles. The van der Waals surface area contributed by atoms with Crippen LogP contribution in [0.2, 0.25) is 0 Å². The van der Waals surface area contributed by atoms with Gasteiger partial charge in [-0.25, -0.2) is 9.78 Å². The Labute approximate surface area is 203 Å². The van der Waals surface area contributed by atoms with Gasteiger partial charge in [-0.05, 0) is 35.2 Å². The maximum Gasteiger partial charge on any atom is 0.338 e. The number of rotatable bonds is 6. The van der Waals surface area contributed by atoms with Gasteiger partial charge in [0.15, 0.2) is 5.69 Å². The van der Waals surface area contributed by atoms with Crippen LogP contribution in [0.25, 0.3) is 11.0 Å². The Hall–Kier alpha value is -4.26. The van der Waals surface area contributed by atoms with Crippen LogP contribution in [-0.2, 0) is 16.8 Å². The number of methoxy groups -OCH3 is 1. The molecule has 0 atom stereocenters. The van der Waals surface area contributed by atoms with Crippen LogP contribution in [0.3, 0.4) is 0 Å². The third kappa shape index (κ3) is 4.99. The number of hydrogen-bond donors (Lipinski definition) is 0. The third-order valence-electron chi connectivity index (χ3n) is 5.71. The summed E-state index contributed by atoms with van der Waals surface area (Å²) >= 11 is 0. The summed E-state index contributed by atoms with van der Waals surface area (Å²) in [5.74, 6) is -0.629. The smallest absolute Gasteiger partial charge is 0.338 e. The zero-order chi connectivity index (χ0) is 25.2. The van der Waals surface area contributed by atoms with Crippen molar-refractivity contribution < 1.29 is 23.8 Å². The van der Waals surface area contributed by atoms with E-state index >= 15 is 0 Å². The second-order valence-corrected chi connectivity index (χ2v) is 9.15. The minimum atomic E-state index is -0.572. The van der Waals surface area contributed by atoms with Gasteiger partial charge in [0.25, 0.3) is 11.5 Å². The van der Waals surface area contributed by atoms with Gasteiger partial charge in [0.2, 0.25) is 5.52 Å². The maximum absolute atomic E-state index is 13.3. The van der Waals surface area contributed by atoms with E-state index in [4.69, 9.17) is 9.47 Å². The standard InChI is InChI=1S/C28H26N2O5/c1-28(2,3)20-12-10-19(11-13-20)27(32)35-17-23-25(26(31)18-8-6-5-7-9-18)30(33)24-16-21(34-4)14-15-22(24)29-23/h5-16H,17H2,1-4H3. The van der Waals surface area contributed by atoms with E-state index in [9.17, 15) is 14.8 Å². The van der Waals surface area contributed by atoms with E-state index in [2.05, 4.69) is 25.8 Å². The molecule has 0 aliphatic rings. The minimum absolute atomic E-state index is 0.0470. The molecule has 4 rings (SSSR count). The molecular weight excluding hydrogens is 444 g/mol. The molecule has 4 aromatic rings. The predicted octanol–water partition coefficient (Wildman–Crippen LogP) is 4.76. The number of carbonyl (C=O) groups excluding carboxylic acids is 2. The lowest BCUT2D eigenvalue weighted by molar-refractivity contribution is -0.580. The summed E-state index contributed by atoms with van der Waals surface area (Å²) in [5, 5.41) is 13.3. The molecule has 35 heavy (non-hydrogen) atoms. The zero-order valence-corrected chi connectivity index (χ0v) is 20.1. The lowest BCUT2D eigenvalue weighted by Gasteiger charge is -2.19. The van der Waals surface area contributed by atoms with Gasteiger partial charge in [-0.15, -0.1) is 0 Å². The molecule has 1 heterocycles. The molecule has 0 fully saturated rings. The summed E-state index contributed by atoms with van der Waals surface area (Å²) in [5.41, 5.74) is 2.14. The van der Waals surface area contributed by atoms with E-state index in [-0.39, 0.29) is 28.9 Å². The van der Waals surface area contributed by atoms with Crippen molar-refractivity contribution in [2.75, 3.05) is 7.11 Å². The number of carbonyl (C=O) groups is 2. The summed E-state index contributed by atoms with van der Waals surface area (Å²) in [4.78, 5) is 30.5. The van der Waals surface area contributed by atoms with Gasteiger partial charge in [0.05, 0.1) is 18.7 Å². The van der Waals surface area contributed by atoms with Crippen molar-refractivity contribution >= 4 is 22.8 Å². The van der Waals surface area contributed by atoms with Crippen molar-refractivity contribution in [1.29, 1.82) is 0 Å². The highest BCUT2D eigenvalue weighted by Crippen LogP contribution is 2.23. The predicted molar refractivity (Wildman–Crippen MR) is 131 cm³/mol. The molecule has 0 spiro atoms. The van der Waals surface area contributed by atoms with Gasteiger partial charge in [0.1, 0.15) is 17.9 Å². The molecule has 178 valence electrons. The minimum Gasteiger partial charge on any atom is -0.618 e. The number of nitrogens with zero attached hydrogens (tertiary/aromatic N) is 2. The first kappa shape index (κ1) is 23.9. The normalized spacial score (nSPS) is 11.3. The van der Waals surface area contributed by atoms with Crippen molar-refractivity contribution in [1.82, 2.24) is 4.98 Å². The average molecular weight is 471 g/mol. The number of fused-ring (bicyclic) bond motifs is 1. The first-order valence-electron chi connectivity index (χ1n) is 11.2. The number of aromatic nitrogens is 2. The summed E-state index contributed by atoms with van der Waals surface area (Å²) in [6.45, 7) is 5.93. The molecule has 0 bridgehead atoms. The number of benzene rings is 3. The van der Waals surface area contributed by atoms with E-state index in [0.29, 0.717) is 27.1 Å². The first-order valence-corrected chi connectivity index (χ1v) is 11.2. The molecule has 7 nitrogen and oxygen atoms in total. The maximum atomic E-state index is 13.3. The van der Waals surface area contributed by atoms with Crippen LogP contribution in [0, 0.1) is 5.21 Å². The lowest BCUT2D eigenvalue weighted by Crippen LogP contribution is -2.38. The Morgan fingerprint density at radius 2 is 1.63 bits per heavy atom. The van der Waals surface area contributed by atoms with E-state index in [1.165, 1.54) is 13.2 Å². The number of hydrogen-bond acceptors (Lipinski definition) is 6. The van der Waals surface area contributed by atoms with Gasteiger partial charge in [0, 0.05) is 5.56 Å². The number of ketones is 1. The quantitative estimate of drug-likeness (QED) is 0.175. The van der Waals surface area contributed by atoms with Crippen molar-refractivity contribution in [2.45, 2.75) is 32.8 Å². The summed E-state index contributed by atoms with van der Waals surface area (Å²) < 4.78 is 11.2. The van der Waals surface area contributed by atoms with Gasteiger partial charge in [-0.2, -0.15) is 4.73 Å². The lowest BCUT2D eigenvalue weighted by atomic mass is 9.87. The van der Waals surface area contributed by atoms with Crippen LogP contribution in [0.15, 0.2) is 72.8 Å². The molecule has 0 amide bonds. The summed E-state index contributed by atoms with van der Waals surface area (Å²) in [6, 6.07) is 20.4. The van der Waals surface area contributed by atoms with E-state index in [1.807, 2.05) is 12.1 Å². The SMILES string of the molecule is COc1ccc2nc(COC(=O)c3ccc(C(C)(C)C)cc3)c(C(=O)c3ccccc3)[n+]([O-])c2c1. The average Bonchev–Trinajstić information content (AvgIpc) is 2.87. The number of esters is 1. The van der Waals surface area contributed by atoms with Gasteiger partial charge in [-0.1, -0.05) is 63.2 Å². The van der Waals surface area contributed by atoms with Gasteiger partial charge >= 0.3 is 5.97 Å². The molecule has 0 radical (unpaired) electrons. The van der Waals surface area contributed by atoms with Gasteiger partial charge < -0.3 is 14.7 Å². The summed E-state index contributed by atoms with van der Waals surface area (Å²) in [6.07, 6.45) is 0. The molecular formula is C28H26N2O5. The monoisotopic (exact) mass is 470 g/mol. The molecule has 0 N–H and O–H groups in total. The van der Waals surface area contributed by atoms with E-state index < -0.39 is 11.8 Å². The third-order valence-corrected chi connectivity index (χ3v) is 5.71. The van der Waals surface area contributed by atoms with Crippen molar-refractivity contribution in [3.8, 4) is 5.75 Å². The zero-order valence-electron chi connectivity index (χ0n) is 20.1. The van der Waals surface area contributed by atoms with Crippen molar-refractivity contribution in [3.63, 3.8) is 0 Å². The fraction of sp³-hybridized carbons (Fsp3) is 0.214. The molecule has 0 aliphatic carbocycles. The van der Waals surface area contributed by atoms with Crippen LogP contribution in [-0.4, -0.2) is 23.8 Å². The van der Waals surface area contributed by atoms with E-state index in [0.717, 1.165) is 5.56 Å². The fourth-order valence-corrected chi connectivity index (χ4v) is 3.70. The Bertz CT molecular complexity index is 1390.